The van der Waals surface area contributed by atoms with Crippen molar-refractivity contribution in [3.05, 3.63) is 154 Å². The second-order valence-electron chi connectivity index (χ2n) is 30.7. The minimum atomic E-state index is -0.324. The highest BCUT2D eigenvalue weighted by molar-refractivity contribution is 6.32. The van der Waals surface area contributed by atoms with Crippen LogP contribution in [0, 0.1) is 0 Å². The maximum absolute atomic E-state index is 14.8. The molecule has 8 N–H and O–H groups in total. The molecule has 16 nitrogen and oxygen atoms in total. The van der Waals surface area contributed by atoms with Crippen molar-refractivity contribution in [2.24, 2.45) is 0 Å². The summed E-state index contributed by atoms with van der Waals surface area (Å²) in [4.78, 5) is 118. The molecule has 0 heterocycles. The number of amides is 8. The molecule has 8 amide bonds. The lowest BCUT2D eigenvalue weighted by Gasteiger charge is -2.23. The number of hydrogen-bond donors (Lipinski definition) is 8. The minimum absolute atomic E-state index is 0.299. The Bertz CT molecular complexity index is 3680. The average molecular weight is 1520 g/mol. The van der Waals surface area contributed by atoms with Crippen molar-refractivity contribution in [3.63, 3.8) is 0 Å². The van der Waals surface area contributed by atoms with Gasteiger partial charge in [-0.15, -0.1) is 0 Å². The molecule has 0 bridgehead atoms. The van der Waals surface area contributed by atoms with Crippen molar-refractivity contribution in [2.45, 2.75) is 261 Å². The summed E-state index contributed by atoms with van der Waals surface area (Å²) in [5, 5.41) is 29.9. The van der Waals surface area contributed by atoms with Gasteiger partial charge in [0, 0.05) is 96.9 Å². The van der Waals surface area contributed by atoms with Crippen LogP contribution in [0.3, 0.4) is 0 Å². The molecule has 0 saturated heterocycles. The Balaban J connectivity index is 1.54. The predicted molar refractivity (Wildman–Crippen MR) is 464 cm³/mol. The van der Waals surface area contributed by atoms with Crippen molar-refractivity contribution in [2.75, 3.05) is 52.4 Å². The lowest BCUT2D eigenvalue weighted by molar-refractivity contribution is 0.0937. The molecule has 16 heteroatoms. The van der Waals surface area contributed by atoms with E-state index in [1.54, 1.807) is 24.3 Å². The molecule has 0 unspecified atom stereocenters. The van der Waals surface area contributed by atoms with E-state index >= 15 is 0 Å². The summed E-state index contributed by atoms with van der Waals surface area (Å²) in [7, 11) is 0. The summed E-state index contributed by atoms with van der Waals surface area (Å²) in [5.74, 6) is -2.59. The number of rotatable bonds is 52. The van der Waals surface area contributed by atoms with Gasteiger partial charge in [0.05, 0.1) is 0 Å². The largest absolute Gasteiger partial charge is 0.352 e. The average Bonchev–Trinajstić information content (AvgIpc) is 0.705. The first-order chi connectivity index (χ1) is 54.6. The van der Waals surface area contributed by atoms with Crippen molar-refractivity contribution in [3.8, 4) is 44.5 Å². The normalized spacial score (nSPS) is 11.3. The second-order valence-corrected chi connectivity index (χ2v) is 30.7. The van der Waals surface area contributed by atoms with Gasteiger partial charge in [-0.1, -0.05) is 234 Å². The van der Waals surface area contributed by atoms with E-state index in [2.05, 4.69) is 134 Å². The highest BCUT2D eigenvalue weighted by atomic mass is 16.2. The van der Waals surface area contributed by atoms with Crippen molar-refractivity contribution >= 4 is 79.6 Å². The van der Waals surface area contributed by atoms with Gasteiger partial charge in [-0.25, -0.2) is 0 Å². The quantitative estimate of drug-likeness (QED) is 0.0135. The van der Waals surface area contributed by atoms with Crippen LogP contribution in [0.2, 0.25) is 0 Å². The molecule has 8 aromatic rings. The van der Waals surface area contributed by atoms with E-state index in [9.17, 15) is 38.4 Å². The third-order valence-corrected chi connectivity index (χ3v) is 21.5. The summed E-state index contributed by atoms with van der Waals surface area (Å²) >= 11 is 0. The van der Waals surface area contributed by atoms with E-state index < -0.39 is 0 Å². The molecule has 0 aliphatic carbocycles. The first-order valence-electron chi connectivity index (χ1n) is 43.3. The highest BCUT2D eigenvalue weighted by Crippen LogP contribution is 2.49. The molecular formula is C96H130N8O8. The fourth-order valence-electron chi connectivity index (χ4n) is 15.0. The highest BCUT2D eigenvalue weighted by Gasteiger charge is 2.27. The zero-order valence-corrected chi connectivity index (χ0v) is 68.9. The van der Waals surface area contributed by atoms with E-state index in [-0.39, 0.29) is 47.3 Å². The Morgan fingerprint density at radius 1 is 0.188 bits per heavy atom. The molecule has 0 saturated carbocycles. The zero-order chi connectivity index (χ0) is 80.0. The van der Waals surface area contributed by atoms with Crippen LogP contribution >= 0.6 is 0 Å². The fraction of sp³-hybridized carbons (Fsp3) is 0.500. The van der Waals surface area contributed by atoms with E-state index in [0.717, 1.165) is 238 Å². The standard InChI is InChI=1S/C96H130N8O8/c1-9-17-25-33-45-97-89(105)71-53-67(54-72(61-71)90(106)98-46-34-26-18-10-2)83-65-84(68-55-73(91(107)99-47-35-27-19-11-3)62-74(56-68)92(108)100-48-36-28-20-12-4)80-43-44-82-86(70-59-77(95(111)103-51-39-31-23-15-7)64-78(60-70)96(112)104-52-40-32-24-16-8)66-85(81-42-41-79(83)87(80)88(81)82)69-57-75(93(109)101-49-37-29-21-13-5)63-76(58-69)94(110)102-50-38-30-22-14-6/h41-44,53-66H,9-40,45-52H2,1-8H3,(H,97,105)(H,98,106)(H,99,107)(H,100,108)(H,101,109)(H,102,110)(H,103,111)(H,104,112). The van der Waals surface area contributed by atoms with Crippen molar-refractivity contribution in [1.82, 2.24) is 42.5 Å². The lowest BCUT2D eigenvalue weighted by Crippen LogP contribution is -2.27. The molecule has 8 aromatic carbocycles. The van der Waals surface area contributed by atoms with Gasteiger partial charge in [0.2, 0.25) is 0 Å². The van der Waals surface area contributed by atoms with Crippen molar-refractivity contribution in [1.29, 1.82) is 0 Å². The predicted octanol–water partition coefficient (Wildman–Crippen LogP) is 21.7. The molecule has 0 aliphatic heterocycles. The molecule has 0 spiro atoms. The van der Waals surface area contributed by atoms with Gasteiger partial charge in [0.15, 0.2) is 0 Å². The van der Waals surface area contributed by atoms with Crippen LogP contribution < -0.4 is 42.5 Å². The van der Waals surface area contributed by atoms with E-state index in [1.807, 2.05) is 48.5 Å². The van der Waals surface area contributed by atoms with E-state index in [1.165, 1.54) is 0 Å². The van der Waals surface area contributed by atoms with Crippen LogP contribution in [-0.2, 0) is 0 Å². The summed E-state index contributed by atoms with van der Waals surface area (Å²) in [6.07, 6.45) is 30.5. The van der Waals surface area contributed by atoms with Crippen LogP contribution in [0.25, 0.3) is 76.8 Å². The zero-order valence-electron chi connectivity index (χ0n) is 68.9. The number of hydrogen-bond acceptors (Lipinski definition) is 8. The topological polar surface area (TPSA) is 233 Å². The minimum Gasteiger partial charge on any atom is -0.352 e. The van der Waals surface area contributed by atoms with Gasteiger partial charge in [0.25, 0.3) is 47.3 Å². The molecule has 8 rings (SSSR count). The molecular weight excluding hydrogens is 1390 g/mol. The van der Waals surface area contributed by atoms with Gasteiger partial charge >= 0.3 is 0 Å². The number of carbonyl (C=O) groups is 8. The van der Waals surface area contributed by atoms with E-state index in [4.69, 9.17) is 0 Å². The fourth-order valence-corrected chi connectivity index (χ4v) is 15.0. The molecule has 112 heavy (non-hydrogen) atoms. The molecule has 0 atom stereocenters. The summed E-state index contributed by atoms with van der Waals surface area (Å²) in [6, 6.07) is 33.8. The summed E-state index contributed by atoms with van der Waals surface area (Å²) < 4.78 is 0. The molecule has 0 aromatic heterocycles. The Labute approximate surface area is 668 Å². The van der Waals surface area contributed by atoms with Crippen LogP contribution in [0.5, 0.6) is 0 Å². The number of benzene rings is 8. The maximum Gasteiger partial charge on any atom is 0.251 e. The third-order valence-electron chi connectivity index (χ3n) is 21.5. The van der Waals surface area contributed by atoms with Gasteiger partial charge in [-0.05, 0) is 213 Å². The second kappa shape index (κ2) is 47.8. The van der Waals surface area contributed by atoms with Crippen LogP contribution in [0.4, 0.5) is 0 Å². The maximum atomic E-state index is 14.8. The number of nitrogens with one attached hydrogen (secondary N) is 8. The molecule has 0 aliphatic rings. The summed E-state index contributed by atoms with van der Waals surface area (Å²) in [6.45, 7) is 20.8. The van der Waals surface area contributed by atoms with Crippen LogP contribution in [-0.4, -0.2) is 99.6 Å². The Morgan fingerprint density at radius 3 is 0.464 bits per heavy atom. The van der Waals surface area contributed by atoms with Gasteiger partial charge in [-0.2, -0.15) is 0 Å². The molecule has 602 valence electrons. The van der Waals surface area contributed by atoms with Crippen molar-refractivity contribution < 1.29 is 38.4 Å². The Hall–Kier alpha value is -9.44. The number of carbonyl (C=O) groups excluding carboxylic acids is 8. The molecule has 0 fully saturated rings. The first-order valence-corrected chi connectivity index (χ1v) is 43.3. The Morgan fingerprint density at radius 2 is 0.330 bits per heavy atom. The number of unbranched alkanes of at least 4 members (excludes halogenated alkanes) is 24. The van der Waals surface area contributed by atoms with Crippen LogP contribution in [0.15, 0.2) is 109 Å². The Kier molecular flexibility index (Phi) is 37.6. The van der Waals surface area contributed by atoms with Gasteiger partial charge in [-0.3, -0.25) is 38.4 Å². The summed E-state index contributed by atoms with van der Waals surface area (Å²) in [5.41, 5.74) is 7.26. The smallest absolute Gasteiger partial charge is 0.251 e. The third kappa shape index (κ3) is 25.8. The van der Waals surface area contributed by atoms with Gasteiger partial charge in [0.1, 0.15) is 0 Å². The lowest BCUT2D eigenvalue weighted by atomic mass is 9.81. The first kappa shape index (κ1) is 88.1. The molecule has 0 radical (unpaired) electrons. The monoisotopic (exact) mass is 1520 g/mol. The van der Waals surface area contributed by atoms with Crippen LogP contribution in [0.1, 0.15) is 344 Å². The SMILES string of the molecule is CCCCCCNC(=O)c1cc(C(=O)NCCCCCC)cc(-c2cc(-c3cc(C(=O)NCCCCCC)cc(C(=O)NCCCCCC)c3)c3ccc4c(-c5cc(C(=O)NCCCCCC)cc(C(=O)NCCCCCC)c5)cc(-c5cc(C(=O)NCCCCCC)cc(C(=O)NCCCCCC)c5)c5ccc2c3c54)c1. The van der Waals surface area contributed by atoms with Gasteiger partial charge < -0.3 is 42.5 Å². The van der Waals surface area contributed by atoms with E-state index in [0.29, 0.717) is 141 Å².